The third-order valence-electron chi connectivity index (χ3n) is 3.12. The summed E-state index contributed by atoms with van der Waals surface area (Å²) in [5.41, 5.74) is -0.355. The lowest BCUT2D eigenvalue weighted by Crippen LogP contribution is -2.38. The Balaban J connectivity index is 2.29. The highest BCUT2D eigenvalue weighted by atomic mass is 19.4. The zero-order valence-electron chi connectivity index (χ0n) is 12.5. The molecule has 0 fully saturated rings. The van der Waals surface area contributed by atoms with Crippen molar-refractivity contribution in [2.75, 3.05) is 6.54 Å². The zero-order chi connectivity index (χ0) is 17.9. The Labute approximate surface area is 134 Å². The molecule has 0 aliphatic carbocycles. The van der Waals surface area contributed by atoms with Gasteiger partial charge in [0.15, 0.2) is 0 Å². The summed E-state index contributed by atoms with van der Waals surface area (Å²) in [6.45, 7) is -0.498. The molecule has 6 nitrogen and oxygen atoms in total. The van der Waals surface area contributed by atoms with Gasteiger partial charge in [-0.15, -0.1) is 0 Å². The zero-order valence-corrected chi connectivity index (χ0v) is 12.5. The van der Waals surface area contributed by atoms with Crippen LogP contribution in [0.1, 0.15) is 32.3 Å². The Kier molecular flexibility index (Phi) is 4.91. The number of nitrogens with zero attached hydrogens (tertiary/aromatic N) is 2. The van der Waals surface area contributed by atoms with Gasteiger partial charge in [0.2, 0.25) is 0 Å². The Morgan fingerprint density at radius 3 is 2.50 bits per heavy atom. The number of aromatic nitrogens is 1. The number of furan rings is 1. The lowest BCUT2D eigenvalue weighted by Gasteiger charge is -2.22. The predicted molar refractivity (Wildman–Crippen MR) is 75.4 cm³/mol. The number of hydrogen-bond donors (Lipinski definition) is 1. The van der Waals surface area contributed by atoms with Crippen LogP contribution in [0.3, 0.4) is 0 Å². The van der Waals surface area contributed by atoms with Gasteiger partial charge in [0.05, 0.1) is 24.1 Å². The van der Waals surface area contributed by atoms with Crippen LogP contribution in [0.4, 0.5) is 13.2 Å². The first-order valence-electron chi connectivity index (χ1n) is 6.77. The number of rotatable bonds is 5. The molecule has 1 amide bonds. The van der Waals surface area contributed by atoms with Crippen LogP contribution in [0, 0.1) is 6.92 Å². The molecular formula is C15H13F3N2O4. The molecule has 0 saturated carbocycles. The molecule has 24 heavy (non-hydrogen) atoms. The minimum Gasteiger partial charge on any atom is -0.478 e. The number of alkyl halides is 3. The molecule has 0 saturated heterocycles. The number of carbonyl (C=O) groups excluding carboxylic acids is 1. The van der Waals surface area contributed by atoms with Crippen molar-refractivity contribution in [3.8, 4) is 0 Å². The van der Waals surface area contributed by atoms with E-state index in [-0.39, 0.29) is 29.3 Å². The summed E-state index contributed by atoms with van der Waals surface area (Å²) in [4.78, 5) is 27.6. The summed E-state index contributed by atoms with van der Waals surface area (Å²) >= 11 is 0. The molecule has 0 spiro atoms. The summed E-state index contributed by atoms with van der Waals surface area (Å²) in [6, 6.07) is 5.17. The van der Waals surface area contributed by atoms with Gasteiger partial charge in [0.25, 0.3) is 5.91 Å². The van der Waals surface area contributed by atoms with Crippen molar-refractivity contribution in [1.29, 1.82) is 0 Å². The lowest BCUT2D eigenvalue weighted by molar-refractivity contribution is -0.142. The summed E-state index contributed by atoms with van der Waals surface area (Å²) < 4.78 is 43.2. The second-order valence-electron chi connectivity index (χ2n) is 4.99. The van der Waals surface area contributed by atoms with Crippen LogP contribution < -0.4 is 0 Å². The molecule has 2 rings (SSSR count). The Hall–Kier alpha value is -2.84. The number of amides is 1. The third kappa shape index (κ3) is 4.34. The van der Waals surface area contributed by atoms with E-state index in [0.717, 1.165) is 12.1 Å². The second-order valence-corrected chi connectivity index (χ2v) is 4.99. The van der Waals surface area contributed by atoms with Crippen LogP contribution in [0.5, 0.6) is 0 Å². The molecule has 2 aromatic rings. The van der Waals surface area contributed by atoms with Gasteiger partial charge in [-0.2, -0.15) is 13.2 Å². The topological polar surface area (TPSA) is 83.6 Å². The molecule has 2 heterocycles. The average molecular weight is 342 g/mol. The van der Waals surface area contributed by atoms with E-state index in [4.69, 9.17) is 9.52 Å². The number of carbonyl (C=O) groups is 2. The van der Waals surface area contributed by atoms with Gasteiger partial charge in [0.1, 0.15) is 18.0 Å². The molecule has 0 radical (unpaired) electrons. The van der Waals surface area contributed by atoms with Crippen LogP contribution in [0.25, 0.3) is 0 Å². The third-order valence-corrected chi connectivity index (χ3v) is 3.12. The number of carboxylic acids is 1. The average Bonchev–Trinajstić information content (AvgIpc) is 2.96. The van der Waals surface area contributed by atoms with Crippen LogP contribution >= 0.6 is 0 Å². The van der Waals surface area contributed by atoms with Crippen molar-refractivity contribution in [3.63, 3.8) is 0 Å². The van der Waals surface area contributed by atoms with Gasteiger partial charge in [-0.25, -0.2) is 9.78 Å². The smallest absolute Gasteiger partial charge is 0.406 e. The van der Waals surface area contributed by atoms with E-state index in [1.54, 1.807) is 0 Å². The van der Waals surface area contributed by atoms with E-state index in [2.05, 4.69) is 4.98 Å². The largest absolute Gasteiger partial charge is 0.478 e. The normalized spacial score (nSPS) is 11.3. The number of pyridine rings is 1. The maximum Gasteiger partial charge on any atom is 0.406 e. The van der Waals surface area contributed by atoms with Crippen molar-refractivity contribution in [2.45, 2.75) is 19.6 Å². The summed E-state index contributed by atoms with van der Waals surface area (Å²) in [5.74, 6) is -2.02. The fourth-order valence-corrected chi connectivity index (χ4v) is 2.07. The quantitative estimate of drug-likeness (QED) is 0.903. The monoisotopic (exact) mass is 342 g/mol. The van der Waals surface area contributed by atoms with E-state index < -0.39 is 24.6 Å². The standard InChI is InChI=1S/C15H13F3N2O4/c1-9-11(14(22)23)4-5-12(19-9)13(21)20(8-15(16,17)18)7-10-3-2-6-24-10/h2-6H,7-8H2,1H3,(H,22,23). The van der Waals surface area contributed by atoms with Crippen LogP contribution in [0.15, 0.2) is 34.9 Å². The highest BCUT2D eigenvalue weighted by molar-refractivity contribution is 5.94. The number of aryl methyl sites for hydroxylation is 1. The maximum absolute atomic E-state index is 12.7. The first-order valence-corrected chi connectivity index (χ1v) is 6.77. The van der Waals surface area contributed by atoms with Gasteiger partial charge >= 0.3 is 12.1 Å². The van der Waals surface area contributed by atoms with Gasteiger partial charge in [0, 0.05) is 0 Å². The second kappa shape index (κ2) is 6.73. The minimum atomic E-state index is -4.60. The van der Waals surface area contributed by atoms with Crippen molar-refractivity contribution in [1.82, 2.24) is 9.88 Å². The molecule has 0 aromatic carbocycles. The Bertz CT molecular complexity index is 742. The van der Waals surface area contributed by atoms with Gasteiger partial charge in [-0.3, -0.25) is 4.79 Å². The summed E-state index contributed by atoms with van der Waals surface area (Å²) in [5, 5.41) is 8.93. The fraction of sp³-hybridized carbons (Fsp3) is 0.267. The van der Waals surface area contributed by atoms with Gasteiger partial charge in [-0.1, -0.05) is 0 Å². The predicted octanol–water partition coefficient (Wildman–Crippen LogP) is 2.89. The lowest BCUT2D eigenvalue weighted by atomic mass is 10.1. The van der Waals surface area contributed by atoms with E-state index in [0.29, 0.717) is 4.90 Å². The molecule has 1 N–H and O–H groups in total. The van der Waals surface area contributed by atoms with E-state index in [9.17, 15) is 22.8 Å². The van der Waals surface area contributed by atoms with Crippen LogP contribution in [-0.2, 0) is 6.54 Å². The van der Waals surface area contributed by atoms with Crippen molar-refractivity contribution < 1.29 is 32.3 Å². The first-order chi connectivity index (χ1) is 11.2. The molecule has 0 bridgehead atoms. The van der Waals surface area contributed by atoms with E-state index in [1.807, 2.05) is 0 Å². The number of aromatic carboxylic acids is 1. The Morgan fingerprint density at radius 2 is 2.00 bits per heavy atom. The number of hydrogen-bond acceptors (Lipinski definition) is 4. The number of halogens is 3. The van der Waals surface area contributed by atoms with Gasteiger partial charge < -0.3 is 14.4 Å². The highest BCUT2D eigenvalue weighted by Crippen LogP contribution is 2.20. The van der Waals surface area contributed by atoms with Crippen molar-refractivity contribution in [2.24, 2.45) is 0 Å². The minimum absolute atomic E-state index is 0.0401. The van der Waals surface area contributed by atoms with Gasteiger partial charge in [-0.05, 0) is 31.2 Å². The summed E-state index contributed by atoms with van der Waals surface area (Å²) in [6.07, 6.45) is -3.31. The maximum atomic E-state index is 12.7. The number of carboxylic acid groups (broad SMARTS) is 1. The first kappa shape index (κ1) is 17.5. The molecule has 0 atom stereocenters. The van der Waals surface area contributed by atoms with E-state index in [1.165, 1.54) is 25.3 Å². The van der Waals surface area contributed by atoms with Crippen LogP contribution in [-0.4, -0.2) is 39.6 Å². The molecule has 2 aromatic heterocycles. The highest BCUT2D eigenvalue weighted by Gasteiger charge is 2.34. The van der Waals surface area contributed by atoms with E-state index >= 15 is 0 Å². The SMILES string of the molecule is Cc1nc(C(=O)N(Cc2ccco2)CC(F)(F)F)ccc1C(=O)O. The summed E-state index contributed by atoms with van der Waals surface area (Å²) in [7, 11) is 0. The van der Waals surface area contributed by atoms with Crippen LogP contribution in [0.2, 0.25) is 0 Å². The molecule has 0 aliphatic heterocycles. The Morgan fingerprint density at radius 1 is 1.29 bits per heavy atom. The molecule has 0 unspecified atom stereocenters. The molecule has 128 valence electrons. The van der Waals surface area contributed by atoms with Crippen molar-refractivity contribution in [3.05, 3.63) is 53.2 Å². The fourth-order valence-electron chi connectivity index (χ4n) is 2.07. The van der Waals surface area contributed by atoms with Crippen molar-refractivity contribution >= 4 is 11.9 Å². The molecular weight excluding hydrogens is 329 g/mol. The molecule has 0 aliphatic rings. The molecule has 9 heteroatoms.